The lowest BCUT2D eigenvalue weighted by atomic mass is 10.00. The Morgan fingerprint density at radius 3 is 2.56 bits per heavy atom. The van der Waals surface area contributed by atoms with Crippen molar-refractivity contribution in [3.8, 4) is 0 Å². The van der Waals surface area contributed by atoms with Crippen molar-refractivity contribution < 1.29 is 0 Å². The van der Waals surface area contributed by atoms with Crippen LogP contribution < -0.4 is 0 Å². The Bertz CT molecular complexity index is 509. The second-order valence-corrected chi connectivity index (χ2v) is 4.06. The molecule has 1 aliphatic carbocycles. The highest BCUT2D eigenvalue weighted by molar-refractivity contribution is 6.12. The minimum atomic E-state index is 0.608. The van der Waals surface area contributed by atoms with Gasteiger partial charge in [-0.15, -0.1) is 0 Å². The van der Waals surface area contributed by atoms with E-state index in [0.29, 0.717) is 5.71 Å². The molecule has 0 atom stereocenters. The molecule has 0 fully saturated rings. The first-order valence-electron chi connectivity index (χ1n) is 5.46. The normalized spacial score (nSPS) is 13.9. The molecule has 0 saturated heterocycles. The van der Waals surface area contributed by atoms with Crippen molar-refractivity contribution in [2.75, 3.05) is 0 Å². The van der Waals surface area contributed by atoms with Crippen molar-refractivity contribution in [1.82, 2.24) is 4.98 Å². The van der Waals surface area contributed by atoms with Crippen LogP contribution in [0.25, 0.3) is 0 Å². The van der Waals surface area contributed by atoms with Crippen molar-refractivity contribution in [1.29, 1.82) is 5.41 Å². The van der Waals surface area contributed by atoms with Gasteiger partial charge in [-0.1, -0.05) is 24.3 Å². The number of aryl methyl sites for hydroxylation is 2. The number of hydrogen-bond acceptors (Lipinski definition) is 2. The van der Waals surface area contributed by atoms with Crippen molar-refractivity contribution in [3.05, 3.63) is 65.0 Å². The summed E-state index contributed by atoms with van der Waals surface area (Å²) in [4.78, 5) is 4.12. The lowest BCUT2D eigenvalue weighted by Gasteiger charge is -2.06. The second kappa shape index (κ2) is 3.56. The van der Waals surface area contributed by atoms with Gasteiger partial charge in [-0.25, -0.2) is 0 Å². The Morgan fingerprint density at radius 1 is 0.938 bits per heavy atom. The molecule has 0 radical (unpaired) electrons. The average molecular weight is 208 g/mol. The fourth-order valence-electron chi connectivity index (χ4n) is 2.26. The number of nitrogens with zero attached hydrogens (tertiary/aromatic N) is 1. The maximum absolute atomic E-state index is 8.25. The highest BCUT2D eigenvalue weighted by Gasteiger charge is 2.17. The van der Waals surface area contributed by atoms with Crippen molar-refractivity contribution in [2.45, 2.75) is 12.8 Å². The smallest absolute Gasteiger partial charge is 0.0705 e. The number of benzene rings is 1. The minimum absolute atomic E-state index is 0.608. The van der Waals surface area contributed by atoms with Crippen LogP contribution in [0.4, 0.5) is 0 Å². The fourth-order valence-corrected chi connectivity index (χ4v) is 2.26. The lowest BCUT2D eigenvalue weighted by Crippen LogP contribution is -2.04. The maximum Gasteiger partial charge on any atom is 0.0705 e. The summed E-state index contributed by atoms with van der Waals surface area (Å²) < 4.78 is 0. The van der Waals surface area contributed by atoms with E-state index in [-0.39, 0.29) is 0 Å². The summed E-state index contributed by atoms with van der Waals surface area (Å²) in [5.74, 6) is 0. The van der Waals surface area contributed by atoms with E-state index < -0.39 is 0 Å². The van der Waals surface area contributed by atoms with Crippen LogP contribution >= 0.6 is 0 Å². The molecule has 2 aromatic rings. The number of hydrogen-bond donors (Lipinski definition) is 1. The summed E-state index contributed by atoms with van der Waals surface area (Å²) in [7, 11) is 0. The molecule has 0 amide bonds. The van der Waals surface area contributed by atoms with Gasteiger partial charge in [0, 0.05) is 23.5 Å². The van der Waals surface area contributed by atoms with E-state index in [1.807, 2.05) is 30.5 Å². The van der Waals surface area contributed by atoms with Gasteiger partial charge in [0.15, 0.2) is 0 Å². The largest absolute Gasteiger partial charge is 0.300 e. The van der Waals surface area contributed by atoms with Crippen molar-refractivity contribution >= 4 is 5.71 Å². The van der Waals surface area contributed by atoms with Crippen LogP contribution in [0.5, 0.6) is 0 Å². The third-order valence-corrected chi connectivity index (χ3v) is 3.13. The Kier molecular flexibility index (Phi) is 2.07. The highest BCUT2D eigenvalue weighted by atomic mass is 14.6. The number of pyridine rings is 1. The summed E-state index contributed by atoms with van der Waals surface area (Å²) in [5.41, 5.74) is 5.14. The van der Waals surface area contributed by atoms with Crippen molar-refractivity contribution in [3.63, 3.8) is 0 Å². The zero-order valence-corrected chi connectivity index (χ0v) is 8.90. The van der Waals surface area contributed by atoms with Crippen LogP contribution in [0.2, 0.25) is 0 Å². The van der Waals surface area contributed by atoms with E-state index in [4.69, 9.17) is 5.41 Å². The molecular formula is C14H12N2. The quantitative estimate of drug-likeness (QED) is 0.709. The van der Waals surface area contributed by atoms with Gasteiger partial charge in [0.25, 0.3) is 0 Å². The van der Waals surface area contributed by atoms with Gasteiger partial charge in [-0.05, 0) is 30.0 Å². The highest BCUT2D eigenvalue weighted by Crippen LogP contribution is 2.23. The maximum atomic E-state index is 8.25. The molecule has 1 aromatic heterocycles. The molecule has 1 heterocycles. The summed E-state index contributed by atoms with van der Waals surface area (Å²) >= 11 is 0. The number of aromatic nitrogens is 1. The van der Waals surface area contributed by atoms with E-state index in [1.54, 1.807) is 6.20 Å². The minimum Gasteiger partial charge on any atom is -0.300 e. The standard InChI is InChI=1S/C14H12N2/c15-14-12-4-2-1-3-10(12)5-6-11-7-8-16-9-13(11)14/h1-4,7-9,15H,5-6H2. The summed E-state index contributed by atoms with van der Waals surface area (Å²) in [6.45, 7) is 0. The molecule has 0 bridgehead atoms. The SMILES string of the molecule is N=C1c2ccccc2CCc2ccncc21. The summed E-state index contributed by atoms with van der Waals surface area (Å²) in [5, 5.41) is 8.25. The average Bonchev–Trinajstić information content (AvgIpc) is 2.49. The molecule has 1 aliphatic rings. The first-order chi connectivity index (χ1) is 7.86. The van der Waals surface area contributed by atoms with Gasteiger partial charge in [-0.2, -0.15) is 0 Å². The number of fused-ring (bicyclic) bond motifs is 2. The number of nitrogens with one attached hydrogen (secondary N) is 1. The van der Waals surface area contributed by atoms with E-state index >= 15 is 0 Å². The first-order valence-corrected chi connectivity index (χ1v) is 5.46. The molecule has 0 unspecified atom stereocenters. The molecule has 78 valence electrons. The van der Waals surface area contributed by atoms with Crippen LogP contribution in [0.1, 0.15) is 22.3 Å². The van der Waals surface area contributed by atoms with E-state index in [9.17, 15) is 0 Å². The molecule has 2 nitrogen and oxygen atoms in total. The van der Waals surface area contributed by atoms with Gasteiger partial charge < -0.3 is 0 Å². The predicted molar refractivity (Wildman–Crippen MR) is 64.0 cm³/mol. The Labute approximate surface area is 94.5 Å². The Balaban J connectivity index is 2.22. The van der Waals surface area contributed by atoms with Gasteiger partial charge in [-0.3, -0.25) is 10.4 Å². The molecule has 16 heavy (non-hydrogen) atoms. The van der Waals surface area contributed by atoms with Crippen LogP contribution in [0, 0.1) is 5.41 Å². The Hall–Kier alpha value is -1.96. The molecule has 0 saturated carbocycles. The van der Waals surface area contributed by atoms with Gasteiger partial charge in [0.1, 0.15) is 0 Å². The lowest BCUT2D eigenvalue weighted by molar-refractivity contribution is 0.960. The van der Waals surface area contributed by atoms with Gasteiger partial charge in [0.05, 0.1) is 5.71 Å². The molecule has 1 aromatic carbocycles. The van der Waals surface area contributed by atoms with Crippen LogP contribution in [0.3, 0.4) is 0 Å². The molecule has 1 N–H and O–H groups in total. The summed E-state index contributed by atoms with van der Waals surface area (Å²) in [6.07, 6.45) is 5.62. The predicted octanol–water partition coefficient (Wildman–Crippen LogP) is 2.60. The van der Waals surface area contributed by atoms with Crippen molar-refractivity contribution in [2.24, 2.45) is 0 Å². The van der Waals surface area contributed by atoms with Crippen LogP contribution in [-0.4, -0.2) is 10.7 Å². The molecule has 3 rings (SSSR count). The second-order valence-electron chi connectivity index (χ2n) is 4.06. The van der Waals surface area contributed by atoms with Gasteiger partial charge in [0.2, 0.25) is 0 Å². The van der Waals surface area contributed by atoms with E-state index in [0.717, 1.165) is 24.0 Å². The Morgan fingerprint density at radius 2 is 1.69 bits per heavy atom. The zero-order chi connectivity index (χ0) is 11.0. The monoisotopic (exact) mass is 208 g/mol. The molecule has 2 heteroatoms. The van der Waals surface area contributed by atoms with E-state index in [1.165, 1.54) is 11.1 Å². The van der Waals surface area contributed by atoms with Crippen LogP contribution in [-0.2, 0) is 12.8 Å². The summed E-state index contributed by atoms with van der Waals surface area (Å²) in [6, 6.07) is 10.2. The third kappa shape index (κ3) is 1.34. The fraction of sp³-hybridized carbons (Fsp3) is 0.143. The van der Waals surface area contributed by atoms with Gasteiger partial charge >= 0.3 is 0 Å². The third-order valence-electron chi connectivity index (χ3n) is 3.13. The van der Waals surface area contributed by atoms with Crippen LogP contribution in [0.15, 0.2) is 42.7 Å². The molecule has 0 spiro atoms. The zero-order valence-electron chi connectivity index (χ0n) is 8.90. The molecular weight excluding hydrogens is 196 g/mol. The van der Waals surface area contributed by atoms with E-state index in [2.05, 4.69) is 11.1 Å². The first kappa shape index (κ1) is 9.28. The number of rotatable bonds is 0. The topological polar surface area (TPSA) is 36.7 Å². The molecule has 0 aliphatic heterocycles.